The molecule has 1 aliphatic rings. The Morgan fingerprint density at radius 1 is 0.523 bits per heavy atom. The molecule has 0 spiro atoms. The highest BCUT2D eigenvalue weighted by molar-refractivity contribution is 6.12. The minimum atomic E-state index is 0.0484. The first-order valence-electron chi connectivity index (χ1n) is 14.9. The van der Waals surface area contributed by atoms with Crippen LogP contribution in [0.15, 0.2) is 146 Å². The van der Waals surface area contributed by atoms with Crippen LogP contribution in [0.1, 0.15) is 22.7 Å². The van der Waals surface area contributed by atoms with Gasteiger partial charge in [-0.25, -0.2) is 9.97 Å². The Kier molecular flexibility index (Phi) is 5.53. The summed E-state index contributed by atoms with van der Waals surface area (Å²) in [6, 6.07) is 42.4. The Bertz CT molecular complexity index is 2370. The monoisotopic (exact) mass is 562 g/mol. The van der Waals surface area contributed by atoms with Crippen molar-refractivity contribution in [3.63, 3.8) is 0 Å². The zero-order valence-corrected chi connectivity index (χ0v) is 23.8. The fourth-order valence-corrected chi connectivity index (χ4v) is 6.83. The van der Waals surface area contributed by atoms with Crippen LogP contribution in [0.5, 0.6) is 0 Å². The molecule has 0 fully saturated rings. The predicted octanol–water partition coefficient (Wildman–Crippen LogP) is 9.61. The first-order valence-corrected chi connectivity index (χ1v) is 14.9. The van der Waals surface area contributed by atoms with E-state index >= 15 is 0 Å². The number of benzene rings is 5. The Balaban J connectivity index is 1.23. The number of nitrogens with zero attached hydrogens (tertiary/aromatic N) is 4. The molecule has 0 saturated heterocycles. The highest BCUT2D eigenvalue weighted by Gasteiger charge is 2.27. The molecule has 5 aromatic carbocycles. The van der Waals surface area contributed by atoms with E-state index in [2.05, 4.69) is 108 Å². The molecule has 0 N–H and O–H groups in total. The lowest BCUT2D eigenvalue weighted by molar-refractivity contribution is 0.990. The van der Waals surface area contributed by atoms with Crippen LogP contribution in [0, 0.1) is 0 Å². The molecule has 9 rings (SSSR count). The third-order valence-corrected chi connectivity index (χ3v) is 8.83. The normalized spacial score (nSPS) is 14.0. The summed E-state index contributed by atoms with van der Waals surface area (Å²) in [5, 5.41) is 4.83. The highest BCUT2D eigenvalue weighted by atomic mass is 15.0. The highest BCUT2D eigenvalue weighted by Crippen LogP contribution is 2.44. The SMILES string of the molecule is C1=CC(c2ncc(-c3ccccc3)c3ccccc23)c2ccc3c4ccccc4n(-c4cnc(-c5ccccc5)nc4)c3c21. The topological polar surface area (TPSA) is 43.6 Å². The van der Waals surface area contributed by atoms with Gasteiger partial charge in [-0.1, -0.05) is 127 Å². The van der Waals surface area contributed by atoms with E-state index in [1.54, 1.807) is 0 Å². The number of hydrogen-bond donors (Lipinski definition) is 0. The van der Waals surface area contributed by atoms with Crippen molar-refractivity contribution in [2.45, 2.75) is 5.92 Å². The van der Waals surface area contributed by atoms with E-state index in [1.807, 2.05) is 48.9 Å². The van der Waals surface area contributed by atoms with E-state index in [-0.39, 0.29) is 5.92 Å². The van der Waals surface area contributed by atoms with Gasteiger partial charge >= 0.3 is 0 Å². The lowest BCUT2D eigenvalue weighted by Crippen LogP contribution is -2.03. The summed E-state index contributed by atoms with van der Waals surface area (Å²) in [7, 11) is 0. The fourth-order valence-electron chi connectivity index (χ4n) is 6.83. The molecule has 8 aromatic rings. The van der Waals surface area contributed by atoms with Crippen molar-refractivity contribution in [2.24, 2.45) is 0 Å². The van der Waals surface area contributed by atoms with Crippen LogP contribution in [0.3, 0.4) is 0 Å². The van der Waals surface area contributed by atoms with Crippen LogP contribution in [0.4, 0.5) is 0 Å². The van der Waals surface area contributed by atoms with Crippen molar-refractivity contribution in [3.05, 3.63) is 163 Å². The number of aromatic nitrogens is 4. The maximum atomic E-state index is 5.13. The van der Waals surface area contributed by atoms with Crippen LogP contribution in [0.25, 0.3) is 66.9 Å². The van der Waals surface area contributed by atoms with Crippen LogP contribution >= 0.6 is 0 Å². The molecule has 206 valence electrons. The van der Waals surface area contributed by atoms with Gasteiger partial charge in [0, 0.05) is 45.0 Å². The first-order chi connectivity index (χ1) is 21.8. The average Bonchev–Trinajstić information content (AvgIpc) is 3.68. The van der Waals surface area contributed by atoms with Crippen molar-refractivity contribution >= 4 is 38.7 Å². The largest absolute Gasteiger partial charge is 0.306 e. The second kappa shape index (κ2) is 9.85. The fraction of sp³-hybridized carbons (Fsp3) is 0.0250. The zero-order chi connectivity index (χ0) is 29.0. The van der Waals surface area contributed by atoms with Crippen molar-refractivity contribution in [3.8, 4) is 28.2 Å². The Morgan fingerprint density at radius 2 is 1.18 bits per heavy atom. The number of allylic oxidation sites excluding steroid dienone is 1. The van der Waals surface area contributed by atoms with Gasteiger partial charge in [0.25, 0.3) is 0 Å². The molecule has 0 radical (unpaired) electrons. The zero-order valence-electron chi connectivity index (χ0n) is 23.8. The summed E-state index contributed by atoms with van der Waals surface area (Å²) in [4.78, 5) is 14.7. The number of rotatable bonds is 4. The lowest BCUT2D eigenvalue weighted by atomic mass is 9.90. The summed E-state index contributed by atoms with van der Waals surface area (Å²) >= 11 is 0. The van der Waals surface area contributed by atoms with Gasteiger partial charge < -0.3 is 4.57 Å². The van der Waals surface area contributed by atoms with Crippen LogP contribution in [-0.2, 0) is 0 Å². The van der Waals surface area contributed by atoms with Crippen molar-refractivity contribution in [2.75, 3.05) is 0 Å². The number of fused-ring (bicyclic) bond motifs is 6. The van der Waals surface area contributed by atoms with E-state index in [1.165, 1.54) is 43.8 Å². The molecule has 0 aliphatic heterocycles. The molecule has 0 bridgehead atoms. The lowest BCUT2D eigenvalue weighted by Gasteiger charge is -2.17. The quantitative estimate of drug-likeness (QED) is 0.214. The molecular weight excluding hydrogens is 536 g/mol. The summed E-state index contributed by atoms with van der Waals surface area (Å²) in [6.45, 7) is 0. The molecule has 3 aromatic heterocycles. The van der Waals surface area contributed by atoms with Gasteiger partial charge in [0.15, 0.2) is 5.82 Å². The first kappa shape index (κ1) is 24.7. The third kappa shape index (κ3) is 3.74. The van der Waals surface area contributed by atoms with Gasteiger partial charge in [-0.3, -0.25) is 4.98 Å². The molecule has 4 heteroatoms. The number of para-hydroxylation sites is 1. The molecule has 4 nitrogen and oxygen atoms in total. The van der Waals surface area contributed by atoms with Gasteiger partial charge in [-0.15, -0.1) is 0 Å². The molecular formula is C40H26N4. The molecule has 0 amide bonds. The Hall–Kier alpha value is -5.87. The summed E-state index contributed by atoms with van der Waals surface area (Å²) in [5.74, 6) is 0.768. The minimum Gasteiger partial charge on any atom is -0.306 e. The van der Waals surface area contributed by atoms with Gasteiger partial charge in [0.05, 0.1) is 34.8 Å². The molecule has 3 heterocycles. The van der Waals surface area contributed by atoms with Crippen LogP contribution in [-0.4, -0.2) is 19.5 Å². The molecule has 1 aliphatic carbocycles. The maximum Gasteiger partial charge on any atom is 0.159 e. The Labute approximate surface area is 254 Å². The van der Waals surface area contributed by atoms with Gasteiger partial charge in [0.2, 0.25) is 0 Å². The van der Waals surface area contributed by atoms with Crippen LogP contribution in [0.2, 0.25) is 0 Å². The van der Waals surface area contributed by atoms with E-state index in [0.29, 0.717) is 0 Å². The summed E-state index contributed by atoms with van der Waals surface area (Å²) < 4.78 is 2.31. The summed E-state index contributed by atoms with van der Waals surface area (Å²) in [5.41, 5.74) is 10.1. The number of pyridine rings is 1. The van der Waals surface area contributed by atoms with Gasteiger partial charge in [0.1, 0.15) is 0 Å². The maximum absolute atomic E-state index is 5.13. The van der Waals surface area contributed by atoms with Crippen LogP contribution < -0.4 is 0 Å². The standard InChI is InChI=1S/C40H26N4/c1-3-11-26(12-4-1)36-25-41-38(32-17-8-7-15-29(32)36)33-20-22-34-30(33)19-21-35-31-16-9-10-18-37(31)44(39(34)35)28-23-42-40(43-24-28)27-13-5-2-6-14-27/h1-25,33H. The third-order valence-electron chi connectivity index (χ3n) is 8.83. The average molecular weight is 563 g/mol. The minimum absolute atomic E-state index is 0.0484. The predicted molar refractivity (Wildman–Crippen MR) is 180 cm³/mol. The smallest absolute Gasteiger partial charge is 0.159 e. The molecule has 44 heavy (non-hydrogen) atoms. The summed E-state index contributed by atoms with van der Waals surface area (Å²) in [6.07, 6.45) is 10.5. The van der Waals surface area contributed by atoms with E-state index < -0.39 is 0 Å². The van der Waals surface area contributed by atoms with E-state index in [0.717, 1.165) is 33.8 Å². The van der Waals surface area contributed by atoms with Crippen molar-refractivity contribution in [1.82, 2.24) is 19.5 Å². The van der Waals surface area contributed by atoms with Crippen molar-refractivity contribution < 1.29 is 0 Å². The molecule has 0 saturated carbocycles. The molecule has 1 atom stereocenters. The van der Waals surface area contributed by atoms with Crippen molar-refractivity contribution in [1.29, 1.82) is 0 Å². The van der Waals surface area contributed by atoms with E-state index in [9.17, 15) is 0 Å². The second-order valence-corrected chi connectivity index (χ2v) is 11.3. The van der Waals surface area contributed by atoms with Gasteiger partial charge in [-0.2, -0.15) is 0 Å². The Morgan fingerprint density at radius 3 is 1.95 bits per heavy atom. The van der Waals surface area contributed by atoms with E-state index in [4.69, 9.17) is 15.0 Å². The second-order valence-electron chi connectivity index (χ2n) is 11.3. The molecule has 1 unspecified atom stereocenters. The number of hydrogen-bond acceptors (Lipinski definition) is 3. The van der Waals surface area contributed by atoms with Gasteiger partial charge in [-0.05, 0) is 22.6 Å².